The third-order valence-corrected chi connectivity index (χ3v) is 5.83. The van der Waals surface area contributed by atoms with Gasteiger partial charge in [0.25, 0.3) is 0 Å². The van der Waals surface area contributed by atoms with Crippen molar-refractivity contribution >= 4 is 38.1 Å². The zero-order valence-electron chi connectivity index (χ0n) is 14.4. The Labute approximate surface area is 159 Å². The molecule has 0 saturated carbocycles. The quantitative estimate of drug-likeness (QED) is 0.360. The molecule has 3 heterocycles. The van der Waals surface area contributed by atoms with E-state index in [0.717, 1.165) is 22.0 Å². The molecule has 3 aromatic carbocycles. The van der Waals surface area contributed by atoms with Crippen LogP contribution in [0.5, 0.6) is 0 Å². The van der Waals surface area contributed by atoms with Crippen molar-refractivity contribution in [1.82, 2.24) is 14.0 Å². The van der Waals surface area contributed by atoms with Crippen molar-refractivity contribution in [2.75, 3.05) is 0 Å². The number of thiazole rings is 1. The van der Waals surface area contributed by atoms with Crippen LogP contribution in [0.4, 0.5) is 0 Å². The highest BCUT2D eigenvalue weighted by molar-refractivity contribution is 7.15. The third kappa shape index (κ3) is 2.04. The van der Waals surface area contributed by atoms with Crippen molar-refractivity contribution in [3.63, 3.8) is 0 Å². The predicted octanol–water partition coefficient (Wildman–Crippen LogP) is 6.16. The molecule has 6 rings (SSSR count). The Hall–Kier alpha value is -3.37. The Morgan fingerprint density at radius 2 is 1.33 bits per heavy atom. The fraction of sp³-hybridized carbons (Fsp3) is 0. The van der Waals surface area contributed by atoms with Gasteiger partial charge in [0.05, 0.1) is 11.0 Å². The molecular formula is C23H15N3S. The van der Waals surface area contributed by atoms with E-state index in [9.17, 15) is 0 Å². The Kier molecular flexibility index (Phi) is 3.04. The Bertz CT molecular complexity index is 1370. The van der Waals surface area contributed by atoms with Crippen LogP contribution in [0.25, 0.3) is 43.8 Å². The predicted molar refractivity (Wildman–Crippen MR) is 113 cm³/mol. The molecule has 0 aliphatic heterocycles. The number of aromatic nitrogens is 3. The van der Waals surface area contributed by atoms with E-state index >= 15 is 0 Å². The molecule has 0 atom stereocenters. The highest BCUT2D eigenvalue weighted by Gasteiger charge is 2.20. The van der Waals surface area contributed by atoms with E-state index in [0.29, 0.717) is 0 Å². The number of para-hydroxylation sites is 2. The first-order valence-electron chi connectivity index (χ1n) is 8.91. The maximum Gasteiger partial charge on any atom is 0.195 e. The minimum absolute atomic E-state index is 1.01. The van der Waals surface area contributed by atoms with Crippen LogP contribution in [0, 0.1) is 0 Å². The standard InChI is InChI=1S/C23H15N3S/c1-2-8-16(9-3-1)21-22(25-14-15-27-23(25)24-21)26-19-12-6-4-10-17(19)18-11-5-7-13-20(18)26/h1-15H. The number of imidazole rings is 1. The minimum atomic E-state index is 1.01. The number of hydrogen-bond donors (Lipinski definition) is 0. The molecule has 6 aromatic rings. The fourth-order valence-electron chi connectivity index (χ4n) is 3.93. The van der Waals surface area contributed by atoms with Gasteiger partial charge in [-0.1, -0.05) is 66.7 Å². The zero-order chi connectivity index (χ0) is 17.8. The molecule has 27 heavy (non-hydrogen) atoms. The lowest BCUT2D eigenvalue weighted by Gasteiger charge is -2.09. The Balaban J connectivity index is 1.83. The maximum absolute atomic E-state index is 4.97. The minimum Gasteiger partial charge on any atom is -0.293 e. The van der Waals surface area contributed by atoms with Crippen molar-refractivity contribution in [2.24, 2.45) is 0 Å². The van der Waals surface area contributed by atoms with E-state index in [4.69, 9.17) is 4.98 Å². The van der Waals surface area contributed by atoms with Crippen molar-refractivity contribution in [1.29, 1.82) is 0 Å². The molecule has 0 N–H and O–H groups in total. The lowest BCUT2D eigenvalue weighted by atomic mass is 10.1. The molecule has 0 spiro atoms. The summed E-state index contributed by atoms with van der Waals surface area (Å²) < 4.78 is 4.55. The largest absolute Gasteiger partial charge is 0.293 e. The smallest absolute Gasteiger partial charge is 0.195 e. The number of fused-ring (bicyclic) bond motifs is 4. The molecule has 0 amide bonds. The monoisotopic (exact) mass is 365 g/mol. The summed E-state index contributed by atoms with van der Waals surface area (Å²) in [4.78, 5) is 5.98. The van der Waals surface area contributed by atoms with Crippen LogP contribution in [0.1, 0.15) is 0 Å². The molecule has 0 fully saturated rings. The van der Waals surface area contributed by atoms with Gasteiger partial charge in [-0.3, -0.25) is 8.97 Å². The summed E-state index contributed by atoms with van der Waals surface area (Å²) in [5.74, 6) is 1.09. The van der Waals surface area contributed by atoms with Gasteiger partial charge >= 0.3 is 0 Å². The summed E-state index contributed by atoms with van der Waals surface area (Å²) >= 11 is 1.66. The van der Waals surface area contributed by atoms with Crippen LogP contribution in [0.15, 0.2) is 90.4 Å². The Morgan fingerprint density at radius 1 is 0.704 bits per heavy atom. The van der Waals surface area contributed by atoms with E-state index in [-0.39, 0.29) is 0 Å². The average molecular weight is 365 g/mol. The second kappa shape index (κ2) is 5.56. The van der Waals surface area contributed by atoms with E-state index in [2.05, 4.69) is 93.3 Å². The van der Waals surface area contributed by atoms with Crippen LogP contribution in [-0.2, 0) is 0 Å². The number of hydrogen-bond acceptors (Lipinski definition) is 2. The summed E-state index contributed by atoms with van der Waals surface area (Å²) in [6.07, 6.45) is 2.11. The van der Waals surface area contributed by atoms with E-state index in [1.165, 1.54) is 21.8 Å². The second-order valence-electron chi connectivity index (χ2n) is 6.58. The normalized spacial score (nSPS) is 11.7. The van der Waals surface area contributed by atoms with Crippen LogP contribution in [0.2, 0.25) is 0 Å². The van der Waals surface area contributed by atoms with Crippen molar-refractivity contribution in [3.8, 4) is 17.1 Å². The van der Waals surface area contributed by atoms with Crippen molar-refractivity contribution in [2.45, 2.75) is 0 Å². The highest BCUT2D eigenvalue weighted by atomic mass is 32.1. The van der Waals surface area contributed by atoms with E-state index < -0.39 is 0 Å². The summed E-state index contributed by atoms with van der Waals surface area (Å²) in [5.41, 5.74) is 4.53. The van der Waals surface area contributed by atoms with Crippen molar-refractivity contribution < 1.29 is 0 Å². The third-order valence-electron chi connectivity index (χ3n) is 5.08. The summed E-state index contributed by atoms with van der Waals surface area (Å²) in [6, 6.07) is 27.6. The molecule has 128 valence electrons. The van der Waals surface area contributed by atoms with Crippen LogP contribution >= 0.6 is 11.3 Å². The second-order valence-corrected chi connectivity index (χ2v) is 7.45. The number of benzene rings is 3. The fourth-order valence-corrected chi connectivity index (χ4v) is 4.64. The Morgan fingerprint density at radius 3 is 2.04 bits per heavy atom. The van der Waals surface area contributed by atoms with Gasteiger partial charge in [-0.15, -0.1) is 11.3 Å². The number of nitrogens with zero attached hydrogens (tertiary/aromatic N) is 3. The number of rotatable bonds is 2. The van der Waals surface area contributed by atoms with Gasteiger partial charge in [-0.25, -0.2) is 4.98 Å². The van der Waals surface area contributed by atoms with Crippen LogP contribution in [-0.4, -0.2) is 14.0 Å². The molecule has 0 unspecified atom stereocenters. The van der Waals surface area contributed by atoms with Gasteiger partial charge in [0.2, 0.25) is 0 Å². The maximum atomic E-state index is 4.97. The first-order valence-corrected chi connectivity index (χ1v) is 9.79. The zero-order valence-corrected chi connectivity index (χ0v) is 15.2. The van der Waals surface area contributed by atoms with Gasteiger partial charge in [-0.05, 0) is 12.1 Å². The topological polar surface area (TPSA) is 22.2 Å². The molecule has 0 aliphatic rings. The van der Waals surface area contributed by atoms with Crippen LogP contribution in [0.3, 0.4) is 0 Å². The van der Waals surface area contributed by atoms with E-state index in [1.807, 2.05) is 6.07 Å². The van der Waals surface area contributed by atoms with Crippen molar-refractivity contribution in [3.05, 3.63) is 90.4 Å². The van der Waals surface area contributed by atoms with Gasteiger partial charge in [0, 0.05) is 27.9 Å². The summed E-state index contributed by atoms with van der Waals surface area (Å²) in [5, 5.41) is 4.61. The molecule has 4 heteroatoms. The van der Waals surface area contributed by atoms with Crippen LogP contribution < -0.4 is 0 Å². The molecular weight excluding hydrogens is 350 g/mol. The summed E-state index contributed by atoms with van der Waals surface area (Å²) in [6.45, 7) is 0. The molecule has 0 saturated heterocycles. The summed E-state index contributed by atoms with van der Waals surface area (Å²) in [7, 11) is 0. The van der Waals surface area contributed by atoms with Gasteiger partial charge in [0.15, 0.2) is 10.8 Å². The SMILES string of the molecule is c1ccc(-c2nc3sccn3c2-n2c3ccccc3c3ccccc32)cc1. The van der Waals surface area contributed by atoms with Gasteiger partial charge in [0.1, 0.15) is 5.69 Å². The average Bonchev–Trinajstić information content (AvgIpc) is 3.40. The lowest BCUT2D eigenvalue weighted by Crippen LogP contribution is -1.99. The lowest BCUT2D eigenvalue weighted by molar-refractivity contribution is 1.05. The van der Waals surface area contributed by atoms with Gasteiger partial charge < -0.3 is 0 Å². The first kappa shape index (κ1) is 14.8. The van der Waals surface area contributed by atoms with Gasteiger partial charge in [-0.2, -0.15) is 0 Å². The first-order chi connectivity index (χ1) is 13.4. The van der Waals surface area contributed by atoms with E-state index in [1.54, 1.807) is 11.3 Å². The highest BCUT2D eigenvalue weighted by Crippen LogP contribution is 2.36. The molecule has 0 bridgehead atoms. The molecule has 0 aliphatic carbocycles. The molecule has 3 nitrogen and oxygen atoms in total. The molecule has 3 aromatic heterocycles. The molecule has 0 radical (unpaired) electrons.